The van der Waals surface area contributed by atoms with E-state index in [-0.39, 0.29) is 11.5 Å². The Morgan fingerprint density at radius 1 is 0.931 bits per heavy atom. The van der Waals surface area contributed by atoms with E-state index in [1.54, 1.807) is 24.4 Å². The molecule has 2 aromatic heterocycles. The van der Waals surface area contributed by atoms with Crippen LogP contribution in [0, 0.1) is 6.92 Å². The number of nitrogens with zero attached hydrogens (tertiary/aromatic N) is 1. The van der Waals surface area contributed by atoms with Crippen molar-refractivity contribution < 1.29 is 17.3 Å². The lowest BCUT2D eigenvalue weighted by Gasteiger charge is -2.14. The minimum absolute atomic E-state index is 0.106. The Balaban J connectivity index is 1.65. The molecule has 2 aromatic carbocycles. The second-order valence-corrected chi connectivity index (χ2v) is 8.17. The zero-order valence-electron chi connectivity index (χ0n) is 15.8. The van der Waals surface area contributed by atoms with Gasteiger partial charge in [-0.05, 0) is 30.7 Å². The van der Waals surface area contributed by atoms with E-state index in [2.05, 4.69) is 9.97 Å². The van der Waals surface area contributed by atoms with Gasteiger partial charge in [0.05, 0.1) is 28.3 Å². The van der Waals surface area contributed by atoms with Crippen molar-refractivity contribution in [1.29, 1.82) is 0 Å². The van der Waals surface area contributed by atoms with E-state index in [0.29, 0.717) is 18.1 Å². The number of benzene rings is 2. The van der Waals surface area contributed by atoms with Gasteiger partial charge in [-0.1, -0.05) is 48.5 Å². The number of hydrogen-bond acceptors (Lipinski definition) is 5. The van der Waals surface area contributed by atoms with Crippen molar-refractivity contribution in [2.45, 2.75) is 25.0 Å². The van der Waals surface area contributed by atoms with Crippen molar-refractivity contribution in [3.05, 3.63) is 89.7 Å². The van der Waals surface area contributed by atoms with Gasteiger partial charge >= 0.3 is 0 Å². The monoisotopic (exact) mass is 408 g/mol. The molecule has 4 aromatic rings. The topological polar surface area (TPSA) is 81.3 Å². The van der Waals surface area contributed by atoms with Gasteiger partial charge in [0, 0.05) is 11.6 Å². The van der Waals surface area contributed by atoms with E-state index < -0.39 is 10.1 Å². The van der Waals surface area contributed by atoms with Crippen LogP contribution in [0.1, 0.15) is 16.8 Å². The van der Waals surface area contributed by atoms with E-state index in [1.165, 1.54) is 12.1 Å². The van der Waals surface area contributed by atoms with Crippen LogP contribution in [-0.4, -0.2) is 18.4 Å². The molecule has 0 fully saturated rings. The van der Waals surface area contributed by atoms with E-state index in [9.17, 15) is 8.42 Å². The molecule has 148 valence electrons. The van der Waals surface area contributed by atoms with Gasteiger partial charge in [-0.25, -0.2) is 4.98 Å². The average molecular weight is 408 g/mol. The van der Waals surface area contributed by atoms with E-state index in [1.807, 2.05) is 43.3 Å². The summed E-state index contributed by atoms with van der Waals surface area (Å²) in [5.41, 5.74) is 3.09. The largest absolute Gasteiger partial charge is 0.472 e. The zero-order valence-corrected chi connectivity index (χ0v) is 16.6. The number of H-pyrrole nitrogens is 1. The van der Waals surface area contributed by atoms with Crippen LogP contribution in [0.4, 0.5) is 0 Å². The van der Waals surface area contributed by atoms with E-state index in [4.69, 9.17) is 8.92 Å². The molecule has 0 saturated heterocycles. The highest BCUT2D eigenvalue weighted by atomic mass is 32.2. The molecule has 0 amide bonds. The molecule has 2 heterocycles. The highest BCUT2D eigenvalue weighted by molar-refractivity contribution is 7.86. The minimum Gasteiger partial charge on any atom is -0.472 e. The van der Waals surface area contributed by atoms with Crippen LogP contribution in [0.15, 0.2) is 77.8 Å². The molecule has 0 atom stereocenters. The summed E-state index contributed by atoms with van der Waals surface area (Å²) < 4.78 is 36.4. The molecule has 7 heteroatoms. The normalized spacial score (nSPS) is 11.6. The smallest absolute Gasteiger partial charge is 0.297 e. The summed E-state index contributed by atoms with van der Waals surface area (Å²) in [7, 11) is -3.90. The maximum atomic E-state index is 12.5. The fraction of sp³-hybridized carbons (Fsp3) is 0.136. The molecule has 0 aliphatic carbocycles. The van der Waals surface area contributed by atoms with Crippen molar-refractivity contribution in [3.8, 4) is 5.88 Å². The van der Waals surface area contributed by atoms with Gasteiger partial charge in [0.1, 0.15) is 6.61 Å². The average Bonchev–Trinajstić information content (AvgIpc) is 3.24. The molecule has 0 aliphatic heterocycles. The van der Waals surface area contributed by atoms with E-state index >= 15 is 0 Å². The number of nitrogens with one attached hydrogen (secondary N) is 1. The summed E-state index contributed by atoms with van der Waals surface area (Å²) in [6, 6.07) is 19.7. The minimum atomic E-state index is -3.90. The number of aryl methyl sites for hydroxylation is 1. The molecular weight excluding hydrogens is 388 g/mol. The third-order valence-electron chi connectivity index (χ3n) is 4.57. The van der Waals surface area contributed by atoms with E-state index in [0.717, 1.165) is 22.2 Å². The first-order valence-corrected chi connectivity index (χ1v) is 10.5. The first-order valence-electron chi connectivity index (χ1n) is 9.12. The Labute approximate surface area is 169 Å². The van der Waals surface area contributed by atoms with Gasteiger partial charge in [0.2, 0.25) is 5.88 Å². The fourth-order valence-corrected chi connectivity index (χ4v) is 3.98. The predicted molar refractivity (Wildman–Crippen MR) is 110 cm³/mol. The summed E-state index contributed by atoms with van der Waals surface area (Å²) in [5.74, 6) is 0.351. The number of ether oxygens (including phenoxy) is 1. The lowest BCUT2D eigenvalue weighted by molar-refractivity contribution is 0.268. The molecule has 0 bridgehead atoms. The van der Waals surface area contributed by atoms with Crippen LogP contribution in [-0.2, 0) is 27.5 Å². The molecule has 0 unspecified atom stereocenters. The van der Waals surface area contributed by atoms with Gasteiger partial charge in [-0.15, -0.1) is 0 Å². The molecular formula is C22H20N2O4S. The second-order valence-electron chi connectivity index (χ2n) is 6.55. The number of aromatic amines is 1. The zero-order chi connectivity index (χ0) is 20.3. The SMILES string of the molecule is Cc1nc(OCc2ccccc2)c(COS(=O)(=O)c2ccccc2)c2[nH]ccc12. The number of hydrogen-bond donors (Lipinski definition) is 1. The van der Waals surface area contributed by atoms with Crippen molar-refractivity contribution in [3.63, 3.8) is 0 Å². The number of rotatable bonds is 7. The Kier molecular flexibility index (Phi) is 5.33. The molecule has 6 nitrogen and oxygen atoms in total. The van der Waals surface area contributed by atoms with Crippen molar-refractivity contribution in [2.24, 2.45) is 0 Å². The van der Waals surface area contributed by atoms with Gasteiger partial charge in [0.15, 0.2) is 0 Å². The van der Waals surface area contributed by atoms with Crippen LogP contribution in [0.5, 0.6) is 5.88 Å². The lowest BCUT2D eigenvalue weighted by atomic mass is 10.1. The third-order valence-corrected chi connectivity index (χ3v) is 5.85. The number of fused-ring (bicyclic) bond motifs is 1. The fourth-order valence-electron chi connectivity index (χ4n) is 3.08. The van der Waals surface area contributed by atoms with Gasteiger partial charge in [-0.2, -0.15) is 8.42 Å². The standard InChI is InChI=1S/C22H20N2O4S/c1-16-19-12-13-23-21(19)20(15-28-29(25,26)18-10-6-3-7-11-18)22(24-16)27-14-17-8-4-2-5-9-17/h2-13,23H,14-15H2,1H3. The number of pyridine rings is 1. The summed E-state index contributed by atoms with van der Waals surface area (Å²) in [6.45, 7) is 2.01. The highest BCUT2D eigenvalue weighted by Gasteiger charge is 2.20. The van der Waals surface area contributed by atoms with Crippen molar-refractivity contribution >= 4 is 21.0 Å². The predicted octanol–water partition coefficient (Wildman–Crippen LogP) is 4.36. The Morgan fingerprint density at radius 2 is 1.62 bits per heavy atom. The lowest BCUT2D eigenvalue weighted by Crippen LogP contribution is -2.09. The maximum Gasteiger partial charge on any atom is 0.297 e. The molecule has 29 heavy (non-hydrogen) atoms. The molecule has 0 spiro atoms. The van der Waals surface area contributed by atoms with Gasteiger partial charge in [0.25, 0.3) is 10.1 Å². The summed E-state index contributed by atoms with van der Waals surface area (Å²) >= 11 is 0. The Hall–Kier alpha value is -3.16. The van der Waals surface area contributed by atoms with Gasteiger partial charge in [-0.3, -0.25) is 4.18 Å². The second kappa shape index (κ2) is 8.06. The van der Waals surface area contributed by atoms with Crippen LogP contribution >= 0.6 is 0 Å². The maximum absolute atomic E-state index is 12.5. The van der Waals surface area contributed by atoms with Crippen LogP contribution in [0.25, 0.3) is 10.9 Å². The first kappa shape index (κ1) is 19.2. The van der Waals surface area contributed by atoms with Crippen molar-refractivity contribution in [2.75, 3.05) is 0 Å². The molecule has 0 aliphatic rings. The quantitative estimate of drug-likeness (QED) is 0.460. The van der Waals surface area contributed by atoms with Crippen LogP contribution in [0.2, 0.25) is 0 Å². The first-order chi connectivity index (χ1) is 14.0. The summed E-state index contributed by atoms with van der Waals surface area (Å²) in [4.78, 5) is 7.80. The van der Waals surface area contributed by atoms with Crippen LogP contribution in [0.3, 0.4) is 0 Å². The van der Waals surface area contributed by atoms with Gasteiger partial charge < -0.3 is 9.72 Å². The molecule has 4 rings (SSSR count). The summed E-state index contributed by atoms with van der Waals surface area (Å²) in [5, 5.41) is 0.896. The Bertz CT molecular complexity index is 1220. The highest BCUT2D eigenvalue weighted by Crippen LogP contribution is 2.29. The van der Waals surface area contributed by atoms with Crippen LogP contribution < -0.4 is 4.74 Å². The molecule has 1 N–H and O–H groups in total. The number of aromatic nitrogens is 2. The third kappa shape index (κ3) is 4.16. The molecule has 0 saturated carbocycles. The molecule has 0 radical (unpaired) electrons. The summed E-state index contributed by atoms with van der Waals surface area (Å²) in [6.07, 6.45) is 1.79. The Morgan fingerprint density at radius 3 is 2.34 bits per heavy atom. The van der Waals surface area contributed by atoms with Crippen molar-refractivity contribution in [1.82, 2.24) is 9.97 Å².